The van der Waals surface area contributed by atoms with Gasteiger partial charge in [-0.3, -0.25) is 0 Å². The molecule has 0 bridgehead atoms. The Labute approximate surface area is 141 Å². The molecule has 0 spiro atoms. The predicted octanol–water partition coefficient (Wildman–Crippen LogP) is 3.56. The van der Waals surface area contributed by atoms with Gasteiger partial charge in [0.2, 0.25) is 11.9 Å². The normalized spacial score (nSPS) is 10.7. The van der Waals surface area contributed by atoms with E-state index in [-0.39, 0.29) is 10.8 Å². The first-order valence-electron chi connectivity index (χ1n) is 6.81. The Morgan fingerprint density at radius 3 is 2.75 bits per heavy atom. The van der Waals surface area contributed by atoms with Crippen LogP contribution in [0, 0.1) is 11.8 Å². The van der Waals surface area contributed by atoms with Crippen LogP contribution < -0.4 is 10.1 Å². The van der Waals surface area contributed by atoms with Gasteiger partial charge in [-0.2, -0.15) is 9.37 Å². The van der Waals surface area contributed by atoms with Crippen molar-refractivity contribution in [1.29, 1.82) is 0 Å². The lowest BCUT2D eigenvalue weighted by molar-refractivity contribution is 0.410. The van der Waals surface area contributed by atoms with Crippen molar-refractivity contribution in [3.05, 3.63) is 47.2 Å². The summed E-state index contributed by atoms with van der Waals surface area (Å²) in [5.41, 5.74) is 0.896. The van der Waals surface area contributed by atoms with Crippen LogP contribution in [0.4, 0.5) is 20.4 Å². The van der Waals surface area contributed by atoms with E-state index in [4.69, 9.17) is 16.3 Å². The SMILES string of the molecule is COc1cc(F)ncc1-c1nc(Nc2ccc(Cl)c(F)c2)n(C)n1. The molecule has 3 rings (SSSR count). The van der Waals surface area contributed by atoms with Crippen LogP contribution in [-0.4, -0.2) is 26.9 Å². The Morgan fingerprint density at radius 2 is 2.04 bits per heavy atom. The molecule has 0 saturated carbocycles. The third-order valence-corrected chi connectivity index (χ3v) is 3.54. The van der Waals surface area contributed by atoms with Crippen LogP contribution in [0.3, 0.4) is 0 Å². The topological polar surface area (TPSA) is 64.9 Å². The fraction of sp³-hybridized carbons (Fsp3) is 0.133. The van der Waals surface area contributed by atoms with E-state index in [0.29, 0.717) is 23.0 Å². The molecule has 2 heterocycles. The van der Waals surface area contributed by atoms with Crippen LogP contribution in [0.1, 0.15) is 0 Å². The van der Waals surface area contributed by atoms with E-state index in [2.05, 4.69) is 20.4 Å². The molecule has 0 fully saturated rings. The lowest BCUT2D eigenvalue weighted by atomic mass is 10.2. The number of hydrogen-bond donors (Lipinski definition) is 1. The van der Waals surface area contributed by atoms with Gasteiger partial charge in [0.25, 0.3) is 0 Å². The maximum Gasteiger partial charge on any atom is 0.225 e. The standard InChI is InChI=1S/C15H12ClF2N5O/c1-23-15(20-8-3-4-10(16)11(17)5-8)21-14(22-23)9-7-19-13(18)6-12(9)24-2/h3-7H,1-2H3,(H,20,21,22). The van der Waals surface area contributed by atoms with Crippen LogP contribution >= 0.6 is 11.6 Å². The summed E-state index contributed by atoms with van der Waals surface area (Å²) in [4.78, 5) is 7.90. The highest BCUT2D eigenvalue weighted by Crippen LogP contribution is 2.28. The Balaban J connectivity index is 1.94. The Kier molecular flexibility index (Phi) is 4.30. The molecule has 9 heteroatoms. The molecule has 24 heavy (non-hydrogen) atoms. The van der Waals surface area contributed by atoms with Crippen molar-refractivity contribution in [2.24, 2.45) is 7.05 Å². The Morgan fingerprint density at radius 1 is 1.25 bits per heavy atom. The molecular formula is C15H12ClF2N5O. The molecule has 0 saturated heterocycles. The number of nitrogens with zero attached hydrogens (tertiary/aromatic N) is 4. The van der Waals surface area contributed by atoms with E-state index in [1.54, 1.807) is 13.1 Å². The minimum absolute atomic E-state index is 0.0290. The van der Waals surface area contributed by atoms with Crippen molar-refractivity contribution in [2.45, 2.75) is 0 Å². The number of nitrogens with one attached hydrogen (secondary N) is 1. The Bertz CT molecular complexity index is 900. The van der Waals surface area contributed by atoms with E-state index in [1.165, 1.54) is 30.1 Å². The van der Waals surface area contributed by atoms with Crippen molar-refractivity contribution in [3.63, 3.8) is 0 Å². The largest absolute Gasteiger partial charge is 0.496 e. The number of hydrogen-bond acceptors (Lipinski definition) is 5. The van der Waals surface area contributed by atoms with Crippen LogP contribution in [0.5, 0.6) is 5.75 Å². The van der Waals surface area contributed by atoms with Gasteiger partial charge in [0.1, 0.15) is 11.6 Å². The van der Waals surface area contributed by atoms with Gasteiger partial charge in [0, 0.05) is 25.0 Å². The van der Waals surface area contributed by atoms with E-state index in [1.807, 2.05) is 0 Å². The highest BCUT2D eigenvalue weighted by Gasteiger charge is 2.15. The highest BCUT2D eigenvalue weighted by atomic mass is 35.5. The zero-order chi connectivity index (χ0) is 17.3. The number of aromatic nitrogens is 4. The molecule has 6 nitrogen and oxygen atoms in total. The quantitative estimate of drug-likeness (QED) is 0.728. The number of rotatable bonds is 4. The summed E-state index contributed by atoms with van der Waals surface area (Å²) in [6.45, 7) is 0. The first kappa shape index (κ1) is 16.1. The zero-order valence-electron chi connectivity index (χ0n) is 12.7. The number of ether oxygens (including phenoxy) is 1. The van der Waals surface area contributed by atoms with Gasteiger partial charge >= 0.3 is 0 Å². The van der Waals surface area contributed by atoms with Gasteiger partial charge in [0.05, 0.1) is 17.7 Å². The predicted molar refractivity (Wildman–Crippen MR) is 85.4 cm³/mol. The van der Waals surface area contributed by atoms with E-state index in [9.17, 15) is 8.78 Å². The third-order valence-electron chi connectivity index (χ3n) is 3.23. The third kappa shape index (κ3) is 3.13. The van der Waals surface area contributed by atoms with E-state index in [0.717, 1.165) is 6.07 Å². The molecule has 124 valence electrons. The van der Waals surface area contributed by atoms with Gasteiger partial charge in [0.15, 0.2) is 5.82 Å². The molecule has 0 amide bonds. The summed E-state index contributed by atoms with van der Waals surface area (Å²) in [6.07, 6.45) is 1.29. The lowest BCUT2D eigenvalue weighted by Crippen LogP contribution is -2.00. The van der Waals surface area contributed by atoms with Crippen molar-refractivity contribution in [3.8, 4) is 17.1 Å². The van der Waals surface area contributed by atoms with Gasteiger partial charge in [-0.1, -0.05) is 11.6 Å². The molecule has 0 atom stereocenters. The number of benzene rings is 1. The van der Waals surface area contributed by atoms with Gasteiger partial charge in [-0.25, -0.2) is 14.1 Å². The summed E-state index contributed by atoms with van der Waals surface area (Å²) in [6, 6.07) is 5.44. The molecule has 1 N–H and O–H groups in total. The fourth-order valence-electron chi connectivity index (χ4n) is 2.06. The number of pyridine rings is 1. The molecular weight excluding hydrogens is 340 g/mol. The fourth-order valence-corrected chi connectivity index (χ4v) is 2.18. The average molecular weight is 352 g/mol. The molecule has 0 unspecified atom stereocenters. The second kappa shape index (κ2) is 6.40. The van der Waals surface area contributed by atoms with Crippen LogP contribution in [-0.2, 0) is 7.05 Å². The molecule has 3 aromatic rings. The van der Waals surface area contributed by atoms with Crippen molar-refractivity contribution in [2.75, 3.05) is 12.4 Å². The average Bonchev–Trinajstić information content (AvgIpc) is 2.91. The Hall–Kier alpha value is -2.74. The number of anilines is 2. The van der Waals surface area contributed by atoms with Crippen molar-refractivity contribution < 1.29 is 13.5 Å². The van der Waals surface area contributed by atoms with Crippen LogP contribution in [0.25, 0.3) is 11.4 Å². The molecule has 0 radical (unpaired) electrons. The van der Waals surface area contributed by atoms with Gasteiger partial charge in [-0.15, -0.1) is 5.10 Å². The maximum atomic E-state index is 13.5. The minimum atomic E-state index is -0.665. The van der Waals surface area contributed by atoms with Crippen LogP contribution in [0.2, 0.25) is 5.02 Å². The maximum absolute atomic E-state index is 13.5. The second-order valence-electron chi connectivity index (χ2n) is 4.84. The summed E-state index contributed by atoms with van der Waals surface area (Å²) in [7, 11) is 3.07. The van der Waals surface area contributed by atoms with Crippen LogP contribution in [0.15, 0.2) is 30.5 Å². The molecule has 0 aliphatic heterocycles. The minimum Gasteiger partial charge on any atom is -0.496 e. The smallest absolute Gasteiger partial charge is 0.225 e. The molecule has 2 aromatic heterocycles. The molecule has 0 aliphatic rings. The van der Waals surface area contributed by atoms with Gasteiger partial charge in [-0.05, 0) is 18.2 Å². The van der Waals surface area contributed by atoms with E-state index < -0.39 is 11.8 Å². The highest BCUT2D eigenvalue weighted by molar-refractivity contribution is 6.30. The number of methoxy groups -OCH3 is 1. The monoisotopic (exact) mass is 351 g/mol. The first-order chi connectivity index (χ1) is 11.5. The van der Waals surface area contributed by atoms with E-state index >= 15 is 0 Å². The van der Waals surface area contributed by atoms with Crippen molar-refractivity contribution >= 4 is 23.2 Å². The molecule has 0 aliphatic carbocycles. The first-order valence-corrected chi connectivity index (χ1v) is 7.18. The summed E-state index contributed by atoms with van der Waals surface area (Å²) >= 11 is 5.66. The summed E-state index contributed by atoms with van der Waals surface area (Å²) in [5.74, 6) is -0.302. The lowest BCUT2D eigenvalue weighted by Gasteiger charge is -2.05. The van der Waals surface area contributed by atoms with Crippen molar-refractivity contribution in [1.82, 2.24) is 19.7 Å². The second-order valence-corrected chi connectivity index (χ2v) is 5.25. The summed E-state index contributed by atoms with van der Waals surface area (Å²) in [5, 5.41) is 7.20. The number of aryl methyl sites for hydroxylation is 1. The number of halogens is 3. The molecule has 1 aromatic carbocycles. The zero-order valence-corrected chi connectivity index (χ0v) is 13.5. The van der Waals surface area contributed by atoms with Gasteiger partial charge < -0.3 is 10.1 Å². The summed E-state index contributed by atoms with van der Waals surface area (Å²) < 4.78 is 33.3.